The van der Waals surface area contributed by atoms with Crippen LogP contribution in [0.1, 0.15) is 78.4 Å². The van der Waals surface area contributed by atoms with Crippen molar-refractivity contribution < 1.29 is 23.9 Å². The maximum Gasteiger partial charge on any atom is 0.328 e. The second kappa shape index (κ2) is 15.1. The van der Waals surface area contributed by atoms with Gasteiger partial charge in [0.1, 0.15) is 11.8 Å². The number of anilines is 2. The molecule has 4 aromatic rings. The number of nitrogens with zero attached hydrogens (tertiary/aromatic N) is 7. The van der Waals surface area contributed by atoms with Crippen LogP contribution in [-0.2, 0) is 4.79 Å². The maximum atomic E-state index is 13.9. The molecule has 2 N–H and O–H groups in total. The number of benzene rings is 2. The molecule has 14 nitrogen and oxygen atoms in total. The summed E-state index contributed by atoms with van der Waals surface area (Å²) in [5.41, 5.74) is 2.55. The number of piperazine rings is 1. The van der Waals surface area contributed by atoms with Crippen molar-refractivity contribution in [2.75, 3.05) is 42.5 Å². The van der Waals surface area contributed by atoms with Gasteiger partial charge in [-0.15, -0.1) is 10.2 Å². The largest absolute Gasteiger partial charge is 0.490 e. The number of fused-ring (bicyclic) bond motifs is 1. The molecule has 1 saturated carbocycles. The first-order valence-electron chi connectivity index (χ1n) is 17.9. The second-order valence-electron chi connectivity index (χ2n) is 13.9. The fourth-order valence-corrected chi connectivity index (χ4v) is 7.42. The van der Waals surface area contributed by atoms with Crippen molar-refractivity contribution >= 4 is 57.8 Å². The molecular weight excluding hydrogens is 698 g/mol. The summed E-state index contributed by atoms with van der Waals surface area (Å²) in [5, 5.41) is 24.3. The van der Waals surface area contributed by atoms with Crippen molar-refractivity contribution in [2.24, 2.45) is 0 Å². The molecule has 7 rings (SSSR count). The van der Waals surface area contributed by atoms with Crippen LogP contribution in [0.5, 0.6) is 5.75 Å². The molecule has 0 unspecified atom stereocenters. The number of hydrogen-bond donors (Lipinski definition) is 2. The Bertz CT molecular complexity index is 2100. The molecular formula is C38H40ClN9O5. The fourth-order valence-electron chi connectivity index (χ4n) is 7.21. The minimum atomic E-state index is -0.497. The lowest BCUT2D eigenvalue weighted by atomic mass is 9.93. The Kier molecular flexibility index (Phi) is 10.2. The van der Waals surface area contributed by atoms with E-state index in [1.807, 2.05) is 29.3 Å². The molecule has 4 heterocycles. The van der Waals surface area contributed by atoms with Crippen molar-refractivity contribution in [3.05, 3.63) is 76.6 Å². The molecule has 0 spiro atoms. The van der Waals surface area contributed by atoms with Crippen molar-refractivity contribution in [3.63, 3.8) is 0 Å². The normalized spacial score (nSPS) is 19.3. The highest BCUT2D eigenvalue weighted by Crippen LogP contribution is 2.33. The Morgan fingerprint density at radius 3 is 2.42 bits per heavy atom. The summed E-state index contributed by atoms with van der Waals surface area (Å²) in [5.74, 6) is 0.507. The monoisotopic (exact) mass is 737 g/mol. The van der Waals surface area contributed by atoms with Crippen LogP contribution in [0.15, 0.2) is 54.7 Å². The Labute approximate surface area is 311 Å². The first kappa shape index (κ1) is 35.7. The number of nitrogens with one attached hydrogen (secondary N) is 2. The number of aromatic nitrogens is 3. The van der Waals surface area contributed by atoms with Crippen LogP contribution in [-0.4, -0.2) is 88.3 Å². The maximum absolute atomic E-state index is 13.9. The predicted octanol–water partition coefficient (Wildman–Crippen LogP) is 5.07. The zero-order valence-corrected chi connectivity index (χ0v) is 30.3. The zero-order valence-electron chi connectivity index (χ0n) is 29.5. The third kappa shape index (κ3) is 7.61. The molecule has 0 atom stereocenters. The predicted molar refractivity (Wildman–Crippen MR) is 198 cm³/mol. The first-order chi connectivity index (χ1) is 25.6. The minimum Gasteiger partial charge on any atom is -0.490 e. The third-order valence-corrected chi connectivity index (χ3v) is 10.4. The van der Waals surface area contributed by atoms with E-state index in [0.29, 0.717) is 59.6 Å². The van der Waals surface area contributed by atoms with E-state index >= 15 is 0 Å². The summed E-state index contributed by atoms with van der Waals surface area (Å²) in [4.78, 5) is 56.9. The summed E-state index contributed by atoms with van der Waals surface area (Å²) in [6.45, 7) is 6.30. The number of halogens is 1. The fraction of sp³-hybridized carbons (Fsp3) is 0.395. The van der Waals surface area contributed by atoms with Crippen molar-refractivity contribution in [2.45, 2.75) is 64.1 Å². The van der Waals surface area contributed by atoms with Gasteiger partial charge >= 0.3 is 6.03 Å². The molecule has 2 saturated heterocycles. The SMILES string of the molecule is CC(C)n1ccc2c(N3CCC(=O)NC3=O)cc(C(=O)N3CCN(c4ccc(C(=O)NC5CCC(Oc6ccc(C#N)c(Cl)c6)CC5)nn4)CC3)cc21. The van der Waals surface area contributed by atoms with E-state index in [4.69, 9.17) is 21.6 Å². The van der Waals surface area contributed by atoms with E-state index in [0.717, 1.165) is 36.6 Å². The molecule has 3 fully saturated rings. The van der Waals surface area contributed by atoms with E-state index in [2.05, 4.69) is 39.2 Å². The van der Waals surface area contributed by atoms with Crippen molar-refractivity contribution in [3.8, 4) is 11.8 Å². The lowest BCUT2D eigenvalue weighted by Gasteiger charge is -2.35. The standard InChI is InChI=1S/C38H40ClN9O5/c1-23(2)47-13-11-29-32(47)19-25(20-33(29)48-14-12-35(49)42-38(48)52)37(51)46-17-15-45(16-18-46)34-10-9-31(43-44-34)36(50)41-26-4-7-27(8-5-26)53-28-6-3-24(22-40)30(39)21-28/h3,6,9-11,13,19-21,23,26-27H,4-5,7-8,12,14-18H2,1-2H3,(H,41,50)(H,42,49,52). The quantitative estimate of drug-likeness (QED) is 0.251. The molecule has 2 aliphatic heterocycles. The number of amides is 5. The van der Waals surface area contributed by atoms with Gasteiger partial charge in [0, 0.05) is 74.4 Å². The minimum absolute atomic E-state index is 0.00348. The van der Waals surface area contributed by atoms with Gasteiger partial charge in [0.15, 0.2) is 11.5 Å². The van der Waals surface area contributed by atoms with Gasteiger partial charge < -0.3 is 24.4 Å². The molecule has 3 aliphatic rings. The first-order valence-corrected chi connectivity index (χ1v) is 18.3. The van der Waals surface area contributed by atoms with Gasteiger partial charge in [-0.3, -0.25) is 24.6 Å². The zero-order chi connectivity index (χ0) is 37.2. The summed E-state index contributed by atoms with van der Waals surface area (Å²) in [6, 6.07) is 15.7. The third-order valence-electron chi connectivity index (χ3n) is 10.1. The molecule has 5 amide bonds. The van der Waals surface area contributed by atoms with Gasteiger partial charge in [-0.05, 0) is 82.0 Å². The highest BCUT2D eigenvalue weighted by atomic mass is 35.5. The summed E-state index contributed by atoms with van der Waals surface area (Å²) < 4.78 is 8.13. The topological polar surface area (TPSA) is 166 Å². The number of imide groups is 1. The molecule has 1 aliphatic carbocycles. The average Bonchev–Trinajstić information content (AvgIpc) is 3.60. The summed E-state index contributed by atoms with van der Waals surface area (Å²) in [7, 11) is 0. The van der Waals surface area contributed by atoms with Crippen LogP contribution in [0.2, 0.25) is 5.02 Å². The molecule has 0 radical (unpaired) electrons. The smallest absolute Gasteiger partial charge is 0.328 e. The van der Waals surface area contributed by atoms with Crippen molar-refractivity contribution in [1.29, 1.82) is 5.26 Å². The highest BCUT2D eigenvalue weighted by molar-refractivity contribution is 6.31. The molecule has 2 aromatic carbocycles. The van der Waals surface area contributed by atoms with Gasteiger partial charge in [0.25, 0.3) is 11.8 Å². The van der Waals surface area contributed by atoms with E-state index in [9.17, 15) is 19.2 Å². The van der Waals surface area contributed by atoms with Gasteiger partial charge in [0.05, 0.1) is 27.9 Å². The van der Waals surface area contributed by atoms with Crippen LogP contribution in [0.4, 0.5) is 16.3 Å². The molecule has 15 heteroatoms. The Balaban J connectivity index is 0.936. The number of hydrogen-bond acceptors (Lipinski definition) is 9. The van der Waals surface area contributed by atoms with Crippen LogP contribution in [0.25, 0.3) is 10.9 Å². The van der Waals surface area contributed by atoms with Gasteiger partial charge in [-0.25, -0.2) is 4.79 Å². The molecule has 0 bridgehead atoms. The van der Waals surface area contributed by atoms with Crippen LogP contribution in [0, 0.1) is 11.3 Å². The number of carbonyl (C=O) groups is 4. The van der Waals surface area contributed by atoms with E-state index in [1.54, 1.807) is 41.3 Å². The number of urea groups is 1. The Morgan fingerprint density at radius 1 is 0.981 bits per heavy atom. The second-order valence-corrected chi connectivity index (χ2v) is 14.3. The number of rotatable bonds is 8. The van der Waals surface area contributed by atoms with E-state index in [1.165, 1.54) is 4.90 Å². The summed E-state index contributed by atoms with van der Waals surface area (Å²) >= 11 is 6.14. The van der Waals surface area contributed by atoms with Gasteiger partial charge in [-0.2, -0.15) is 5.26 Å². The Hall–Kier alpha value is -5.68. The lowest BCUT2D eigenvalue weighted by molar-refractivity contribution is -0.120. The number of ether oxygens (including phenoxy) is 1. The van der Waals surface area contributed by atoms with Crippen LogP contribution < -0.4 is 25.2 Å². The lowest BCUT2D eigenvalue weighted by Crippen LogP contribution is -2.50. The number of nitriles is 1. The van der Waals surface area contributed by atoms with E-state index in [-0.39, 0.29) is 54.6 Å². The van der Waals surface area contributed by atoms with Gasteiger partial charge in [-0.1, -0.05) is 11.6 Å². The molecule has 53 heavy (non-hydrogen) atoms. The van der Waals surface area contributed by atoms with Crippen LogP contribution in [0.3, 0.4) is 0 Å². The van der Waals surface area contributed by atoms with Crippen LogP contribution >= 0.6 is 11.6 Å². The Morgan fingerprint density at radius 2 is 1.75 bits per heavy atom. The molecule has 274 valence electrons. The summed E-state index contributed by atoms with van der Waals surface area (Å²) in [6.07, 6.45) is 5.17. The molecule has 2 aromatic heterocycles. The average molecular weight is 738 g/mol. The van der Waals surface area contributed by atoms with Gasteiger partial charge in [0.2, 0.25) is 5.91 Å². The highest BCUT2D eigenvalue weighted by Gasteiger charge is 2.30. The van der Waals surface area contributed by atoms with Crippen molar-refractivity contribution in [1.82, 2.24) is 30.3 Å². The van der Waals surface area contributed by atoms with E-state index < -0.39 is 6.03 Å². The number of carbonyl (C=O) groups excluding carboxylic acids is 4.